The molecule has 4 nitrogen and oxygen atoms in total. The molecule has 0 radical (unpaired) electrons. The molecule has 21 heavy (non-hydrogen) atoms. The molecular weight excluding hydrogens is 269 g/mol. The van der Waals surface area contributed by atoms with E-state index in [0.717, 1.165) is 16.6 Å². The number of aromatic nitrogens is 2. The average Bonchev–Trinajstić information content (AvgIpc) is 2.53. The fourth-order valence-corrected chi connectivity index (χ4v) is 2.00. The van der Waals surface area contributed by atoms with Crippen LogP contribution in [0.15, 0.2) is 54.9 Å². The van der Waals surface area contributed by atoms with Gasteiger partial charge in [0, 0.05) is 24.5 Å². The maximum Gasteiger partial charge on any atom is 0.251 e. The van der Waals surface area contributed by atoms with E-state index in [4.69, 9.17) is 0 Å². The van der Waals surface area contributed by atoms with Crippen molar-refractivity contribution in [3.63, 3.8) is 0 Å². The van der Waals surface area contributed by atoms with Gasteiger partial charge < -0.3 is 5.32 Å². The molecule has 0 saturated carbocycles. The largest absolute Gasteiger partial charge is 0.348 e. The highest BCUT2D eigenvalue weighted by atomic mass is 19.1. The zero-order chi connectivity index (χ0) is 14.7. The lowest BCUT2D eigenvalue weighted by Gasteiger charge is -2.06. The van der Waals surface area contributed by atoms with Crippen molar-refractivity contribution < 1.29 is 9.18 Å². The fraction of sp³-hybridized carbons (Fsp3) is 0.0625. The number of fused-ring (bicyclic) bond motifs is 1. The summed E-state index contributed by atoms with van der Waals surface area (Å²) in [5, 5.41) is 2.79. The van der Waals surface area contributed by atoms with Crippen molar-refractivity contribution in [2.24, 2.45) is 0 Å². The van der Waals surface area contributed by atoms with E-state index in [1.165, 1.54) is 24.3 Å². The summed E-state index contributed by atoms with van der Waals surface area (Å²) < 4.78 is 12.8. The van der Waals surface area contributed by atoms with Gasteiger partial charge in [0.15, 0.2) is 0 Å². The van der Waals surface area contributed by atoms with Gasteiger partial charge in [0.25, 0.3) is 5.91 Å². The predicted octanol–water partition coefficient (Wildman–Crippen LogP) is 2.70. The highest BCUT2D eigenvalue weighted by Crippen LogP contribution is 2.11. The smallest absolute Gasteiger partial charge is 0.251 e. The molecule has 1 heterocycles. The molecule has 0 spiro atoms. The molecular formula is C16H12FN3O. The summed E-state index contributed by atoms with van der Waals surface area (Å²) in [4.78, 5) is 20.3. The van der Waals surface area contributed by atoms with Crippen LogP contribution in [0, 0.1) is 5.82 Å². The van der Waals surface area contributed by atoms with Gasteiger partial charge in [-0.1, -0.05) is 6.07 Å². The van der Waals surface area contributed by atoms with Crippen LogP contribution in [0.25, 0.3) is 11.0 Å². The second-order valence-electron chi connectivity index (χ2n) is 4.57. The Morgan fingerprint density at radius 2 is 1.71 bits per heavy atom. The summed E-state index contributed by atoms with van der Waals surface area (Å²) in [6.45, 7) is 0.378. The Hall–Kier alpha value is -2.82. The van der Waals surface area contributed by atoms with E-state index >= 15 is 0 Å². The van der Waals surface area contributed by atoms with Crippen LogP contribution in [-0.4, -0.2) is 15.9 Å². The third-order valence-corrected chi connectivity index (χ3v) is 3.09. The molecule has 0 atom stereocenters. The van der Waals surface area contributed by atoms with Gasteiger partial charge in [0.05, 0.1) is 11.0 Å². The number of nitrogens with zero attached hydrogens (tertiary/aromatic N) is 2. The van der Waals surface area contributed by atoms with Crippen LogP contribution in [0.3, 0.4) is 0 Å². The topological polar surface area (TPSA) is 54.9 Å². The average molecular weight is 281 g/mol. The Kier molecular flexibility index (Phi) is 3.55. The fourth-order valence-electron chi connectivity index (χ4n) is 2.00. The van der Waals surface area contributed by atoms with Gasteiger partial charge in [-0.05, 0) is 42.0 Å². The second-order valence-corrected chi connectivity index (χ2v) is 4.57. The number of hydrogen-bond donors (Lipinski definition) is 1. The molecule has 0 aliphatic rings. The van der Waals surface area contributed by atoms with E-state index < -0.39 is 0 Å². The van der Waals surface area contributed by atoms with Crippen LogP contribution in [0.4, 0.5) is 4.39 Å². The van der Waals surface area contributed by atoms with Crippen molar-refractivity contribution in [1.82, 2.24) is 15.3 Å². The highest BCUT2D eigenvalue weighted by Gasteiger charge is 2.05. The van der Waals surface area contributed by atoms with E-state index in [2.05, 4.69) is 15.3 Å². The third-order valence-electron chi connectivity index (χ3n) is 3.09. The van der Waals surface area contributed by atoms with Crippen LogP contribution in [-0.2, 0) is 6.54 Å². The molecule has 0 aliphatic carbocycles. The van der Waals surface area contributed by atoms with E-state index in [0.29, 0.717) is 12.1 Å². The Labute approximate surface area is 120 Å². The Bertz CT molecular complexity index is 787. The Morgan fingerprint density at radius 1 is 1.00 bits per heavy atom. The summed E-state index contributed by atoms with van der Waals surface area (Å²) in [5.41, 5.74) is 2.95. The number of nitrogens with one attached hydrogen (secondary N) is 1. The van der Waals surface area contributed by atoms with Gasteiger partial charge in [0.1, 0.15) is 5.82 Å². The quantitative estimate of drug-likeness (QED) is 0.803. The molecule has 0 fully saturated rings. The zero-order valence-corrected chi connectivity index (χ0v) is 11.1. The lowest BCUT2D eigenvalue weighted by Crippen LogP contribution is -2.22. The number of carbonyl (C=O) groups excluding carboxylic acids is 1. The highest BCUT2D eigenvalue weighted by molar-refractivity contribution is 5.94. The van der Waals surface area contributed by atoms with Crippen molar-refractivity contribution >= 4 is 16.9 Å². The number of hydrogen-bond acceptors (Lipinski definition) is 3. The van der Waals surface area contributed by atoms with Gasteiger partial charge >= 0.3 is 0 Å². The minimum Gasteiger partial charge on any atom is -0.348 e. The number of rotatable bonds is 3. The molecule has 5 heteroatoms. The van der Waals surface area contributed by atoms with Gasteiger partial charge in [-0.25, -0.2) is 4.39 Å². The lowest BCUT2D eigenvalue weighted by molar-refractivity contribution is 0.0951. The summed E-state index contributed by atoms with van der Waals surface area (Å²) >= 11 is 0. The molecule has 3 aromatic rings. The molecule has 0 bridgehead atoms. The minimum atomic E-state index is -0.361. The molecule has 0 saturated heterocycles. The molecule has 1 N–H and O–H groups in total. The van der Waals surface area contributed by atoms with Crippen LogP contribution >= 0.6 is 0 Å². The number of amides is 1. The third kappa shape index (κ3) is 3.02. The van der Waals surface area contributed by atoms with Crippen LogP contribution < -0.4 is 5.32 Å². The Balaban J connectivity index is 1.71. The number of benzene rings is 2. The summed E-state index contributed by atoms with van der Waals surface area (Å²) in [6, 6.07) is 11.1. The molecule has 2 aromatic carbocycles. The molecule has 0 aliphatic heterocycles. The van der Waals surface area contributed by atoms with Crippen LogP contribution in [0.5, 0.6) is 0 Å². The summed E-state index contributed by atoms with van der Waals surface area (Å²) in [5.74, 6) is -0.603. The zero-order valence-electron chi connectivity index (χ0n) is 11.1. The van der Waals surface area contributed by atoms with Crippen molar-refractivity contribution in [3.8, 4) is 0 Å². The maximum atomic E-state index is 12.8. The first-order chi connectivity index (χ1) is 10.2. The lowest BCUT2D eigenvalue weighted by atomic mass is 10.1. The van der Waals surface area contributed by atoms with Crippen LogP contribution in [0.1, 0.15) is 15.9 Å². The van der Waals surface area contributed by atoms with E-state index in [9.17, 15) is 9.18 Å². The minimum absolute atomic E-state index is 0.241. The SMILES string of the molecule is O=C(NCc1ccc2nccnc2c1)c1ccc(F)cc1. The summed E-state index contributed by atoms with van der Waals surface area (Å²) in [7, 11) is 0. The first-order valence-electron chi connectivity index (χ1n) is 6.46. The first kappa shape index (κ1) is 13.2. The standard InChI is InChI=1S/C16H12FN3O/c17-13-4-2-12(3-5-13)16(21)20-10-11-1-6-14-15(9-11)19-8-7-18-14/h1-9H,10H2,(H,20,21). The molecule has 104 valence electrons. The van der Waals surface area contributed by atoms with Gasteiger partial charge in [-0.15, -0.1) is 0 Å². The van der Waals surface area contributed by atoms with Gasteiger partial charge in [0.2, 0.25) is 0 Å². The maximum absolute atomic E-state index is 12.8. The van der Waals surface area contributed by atoms with Crippen molar-refractivity contribution in [2.45, 2.75) is 6.54 Å². The molecule has 1 amide bonds. The number of carbonyl (C=O) groups is 1. The van der Waals surface area contributed by atoms with E-state index in [-0.39, 0.29) is 11.7 Å². The van der Waals surface area contributed by atoms with E-state index in [1.54, 1.807) is 12.4 Å². The molecule has 1 aromatic heterocycles. The monoisotopic (exact) mass is 281 g/mol. The van der Waals surface area contributed by atoms with Gasteiger partial charge in [-0.2, -0.15) is 0 Å². The van der Waals surface area contributed by atoms with Crippen molar-refractivity contribution in [3.05, 3.63) is 71.8 Å². The summed E-state index contributed by atoms with van der Waals surface area (Å²) in [6.07, 6.45) is 3.27. The van der Waals surface area contributed by atoms with Crippen molar-refractivity contribution in [2.75, 3.05) is 0 Å². The van der Waals surface area contributed by atoms with Crippen LogP contribution in [0.2, 0.25) is 0 Å². The second kappa shape index (κ2) is 5.66. The number of halogens is 1. The van der Waals surface area contributed by atoms with E-state index in [1.807, 2.05) is 18.2 Å². The first-order valence-corrected chi connectivity index (χ1v) is 6.46. The molecule has 3 rings (SSSR count). The van der Waals surface area contributed by atoms with Crippen molar-refractivity contribution in [1.29, 1.82) is 0 Å². The molecule has 0 unspecified atom stereocenters. The normalized spacial score (nSPS) is 10.5. The van der Waals surface area contributed by atoms with Gasteiger partial charge in [-0.3, -0.25) is 14.8 Å². The Morgan fingerprint density at radius 3 is 2.48 bits per heavy atom. The predicted molar refractivity (Wildman–Crippen MR) is 77.1 cm³/mol.